The first-order valence-corrected chi connectivity index (χ1v) is 4.47. The summed E-state index contributed by atoms with van der Waals surface area (Å²) in [6.45, 7) is 1.92. The minimum atomic E-state index is -0.103. The standard InChI is InChI=1S/C7H13ClN2O/c8-6-7(11)9-10-4-2-1-3-5-10/h1-6H2,(H,9,11). The number of rotatable bonds is 2. The normalized spacial score (nSPS) is 19.7. The van der Waals surface area contributed by atoms with E-state index in [1.165, 1.54) is 19.3 Å². The van der Waals surface area contributed by atoms with Crippen molar-refractivity contribution in [3.8, 4) is 0 Å². The quantitative estimate of drug-likeness (QED) is 0.630. The summed E-state index contributed by atoms with van der Waals surface area (Å²) in [7, 11) is 0. The van der Waals surface area contributed by atoms with Crippen LogP contribution in [0.4, 0.5) is 0 Å². The molecule has 0 aromatic rings. The highest BCUT2D eigenvalue weighted by atomic mass is 35.5. The van der Waals surface area contributed by atoms with E-state index in [4.69, 9.17) is 11.6 Å². The fraction of sp³-hybridized carbons (Fsp3) is 0.857. The molecule has 0 radical (unpaired) electrons. The molecule has 1 aliphatic rings. The molecule has 1 fully saturated rings. The SMILES string of the molecule is O=C(CCl)NN1CCCCC1. The van der Waals surface area contributed by atoms with Gasteiger partial charge in [0.05, 0.1) is 0 Å². The van der Waals surface area contributed by atoms with E-state index in [1.54, 1.807) is 0 Å². The van der Waals surface area contributed by atoms with Gasteiger partial charge in [-0.1, -0.05) is 6.42 Å². The van der Waals surface area contributed by atoms with Gasteiger partial charge < -0.3 is 0 Å². The van der Waals surface area contributed by atoms with Gasteiger partial charge in [0.15, 0.2) is 0 Å². The van der Waals surface area contributed by atoms with Gasteiger partial charge in [0, 0.05) is 13.1 Å². The molecule has 0 saturated carbocycles. The Morgan fingerprint density at radius 1 is 1.36 bits per heavy atom. The molecule has 4 heteroatoms. The maximum Gasteiger partial charge on any atom is 0.249 e. The lowest BCUT2D eigenvalue weighted by molar-refractivity contribution is -0.123. The van der Waals surface area contributed by atoms with Crippen LogP contribution in [0.25, 0.3) is 0 Å². The third kappa shape index (κ3) is 3.08. The first-order chi connectivity index (χ1) is 5.33. The first-order valence-electron chi connectivity index (χ1n) is 3.93. The Hall–Kier alpha value is -0.280. The van der Waals surface area contributed by atoms with E-state index >= 15 is 0 Å². The largest absolute Gasteiger partial charge is 0.288 e. The fourth-order valence-electron chi connectivity index (χ4n) is 1.21. The molecule has 1 aliphatic heterocycles. The highest BCUT2D eigenvalue weighted by Crippen LogP contribution is 2.05. The summed E-state index contributed by atoms with van der Waals surface area (Å²) in [4.78, 5) is 10.8. The van der Waals surface area contributed by atoms with E-state index < -0.39 is 0 Å². The van der Waals surface area contributed by atoms with Crippen molar-refractivity contribution in [3.05, 3.63) is 0 Å². The van der Waals surface area contributed by atoms with Crippen LogP contribution in [-0.2, 0) is 4.79 Å². The number of alkyl halides is 1. The lowest BCUT2D eigenvalue weighted by Crippen LogP contribution is -2.45. The molecule has 1 saturated heterocycles. The molecular formula is C7H13ClN2O. The molecule has 3 nitrogen and oxygen atoms in total. The molecule has 0 aromatic heterocycles. The van der Waals surface area contributed by atoms with E-state index in [-0.39, 0.29) is 11.8 Å². The van der Waals surface area contributed by atoms with Crippen LogP contribution in [-0.4, -0.2) is 29.9 Å². The van der Waals surface area contributed by atoms with Crippen molar-refractivity contribution in [2.75, 3.05) is 19.0 Å². The van der Waals surface area contributed by atoms with Gasteiger partial charge in [0.2, 0.25) is 5.91 Å². The molecule has 1 rings (SSSR count). The van der Waals surface area contributed by atoms with E-state index in [2.05, 4.69) is 5.43 Å². The highest BCUT2D eigenvalue weighted by Gasteiger charge is 2.11. The summed E-state index contributed by atoms with van der Waals surface area (Å²) in [6, 6.07) is 0. The van der Waals surface area contributed by atoms with E-state index in [0.29, 0.717) is 0 Å². The number of hydrogen-bond acceptors (Lipinski definition) is 2. The number of halogens is 1. The molecule has 0 atom stereocenters. The average Bonchev–Trinajstić information content (AvgIpc) is 2.06. The minimum absolute atomic E-state index is 0.0521. The molecule has 0 spiro atoms. The molecule has 64 valence electrons. The van der Waals surface area contributed by atoms with Crippen LogP contribution in [0.15, 0.2) is 0 Å². The summed E-state index contributed by atoms with van der Waals surface area (Å²) < 4.78 is 0. The van der Waals surface area contributed by atoms with Gasteiger partial charge in [-0.2, -0.15) is 0 Å². The molecule has 1 N–H and O–H groups in total. The van der Waals surface area contributed by atoms with Crippen molar-refractivity contribution in [1.82, 2.24) is 10.4 Å². The maximum atomic E-state index is 10.8. The Labute approximate surface area is 71.7 Å². The number of carbonyl (C=O) groups is 1. The van der Waals surface area contributed by atoms with Crippen molar-refractivity contribution in [1.29, 1.82) is 0 Å². The lowest BCUT2D eigenvalue weighted by atomic mass is 10.2. The summed E-state index contributed by atoms with van der Waals surface area (Å²) in [6.07, 6.45) is 3.61. The third-order valence-corrected chi connectivity index (χ3v) is 2.00. The summed E-state index contributed by atoms with van der Waals surface area (Å²) >= 11 is 5.33. The zero-order valence-electron chi connectivity index (χ0n) is 6.48. The van der Waals surface area contributed by atoms with Gasteiger partial charge in [-0.25, -0.2) is 5.01 Å². The average molecular weight is 177 g/mol. The second kappa shape index (κ2) is 4.57. The molecular weight excluding hydrogens is 164 g/mol. The van der Waals surface area contributed by atoms with Crippen molar-refractivity contribution in [3.63, 3.8) is 0 Å². The number of carbonyl (C=O) groups excluding carboxylic acids is 1. The molecule has 11 heavy (non-hydrogen) atoms. The number of nitrogens with one attached hydrogen (secondary N) is 1. The Morgan fingerprint density at radius 2 is 2.00 bits per heavy atom. The van der Waals surface area contributed by atoms with Crippen molar-refractivity contribution < 1.29 is 4.79 Å². The van der Waals surface area contributed by atoms with Crippen LogP contribution in [0.3, 0.4) is 0 Å². The molecule has 0 aliphatic carbocycles. The number of nitrogens with zero attached hydrogens (tertiary/aromatic N) is 1. The van der Waals surface area contributed by atoms with Crippen molar-refractivity contribution >= 4 is 17.5 Å². The van der Waals surface area contributed by atoms with Gasteiger partial charge >= 0.3 is 0 Å². The van der Waals surface area contributed by atoms with E-state index in [1.807, 2.05) is 5.01 Å². The molecule has 0 bridgehead atoms. The van der Waals surface area contributed by atoms with E-state index in [0.717, 1.165) is 13.1 Å². The maximum absolute atomic E-state index is 10.8. The number of hydrazine groups is 1. The lowest BCUT2D eigenvalue weighted by Gasteiger charge is -2.26. The van der Waals surface area contributed by atoms with Gasteiger partial charge in [-0.05, 0) is 12.8 Å². The van der Waals surface area contributed by atoms with Gasteiger partial charge in [0.25, 0.3) is 0 Å². The number of amides is 1. The molecule has 1 heterocycles. The topological polar surface area (TPSA) is 32.3 Å². The van der Waals surface area contributed by atoms with E-state index in [9.17, 15) is 4.79 Å². The summed E-state index contributed by atoms with van der Waals surface area (Å²) in [5.41, 5.74) is 2.73. The molecule has 1 amide bonds. The monoisotopic (exact) mass is 176 g/mol. The van der Waals surface area contributed by atoms with Gasteiger partial charge in [-0.3, -0.25) is 10.2 Å². The van der Waals surface area contributed by atoms with Crippen LogP contribution < -0.4 is 5.43 Å². The van der Waals surface area contributed by atoms with Crippen LogP contribution >= 0.6 is 11.6 Å². The minimum Gasteiger partial charge on any atom is -0.288 e. The van der Waals surface area contributed by atoms with Crippen LogP contribution in [0.5, 0.6) is 0 Å². The second-order valence-electron chi connectivity index (χ2n) is 2.72. The zero-order valence-corrected chi connectivity index (χ0v) is 7.23. The van der Waals surface area contributed by atoms with Gasteiger partial charge in [-0.15, -0.1) is 11.6 Å². The summed E-state index contributed by atoms with van der Waals surface area (Å²) in [5, 5.41) is 1.94. The highest BCUT2D eigenvalue weighted by molar-refractivity contribution is 6.27. The van der Waals surface area contributed by atoms with Crippen LogP contribution in [0.1, 0.15) is 19.3 Å². The molecule has 0 aromatic carbocycles. The Kier molecular flexibility index (Phi) is 3.66. The predicted octanol–water partition coefficient (Wildman–Crippen LogP) is 0.742. The zero-order chi connectivity index (χ0) is 8.10. The van der Waals surface area contributed by atoms with Crippen LogP contribution in [0, 0.1) is 0 Å². The Balaban J connectivity index is 2.19. The van der Waals surface area contributed by atoms with Crippen LogP contribution in [0.2, 0.25) is 0 Å². The fourth-order valence-corrected chi connectivity index (χ4v) is 1.27. The predicted molar refractivity (Wildman–Crippen MR) is 44.3 cm³/mol. The Bertz CT molecular complexity index is 134. The van der Waals surface area contributed by atoms with Gasteiger partial charge in [0.1, 0.15) is 5.88 Å². The van der Waals surface area contributed by atoms with Crippen molar-refractivity contribution in [2.45, 2.75) is 19.3 Å². The Morgan fingerprint density at radius 3 is 2.55 bits per heavy atom. The second-order valence-corrected chi connectivity index (χ2v) is 2.98. The number of hydrogen-bond donors (Lipinski definition) is 1. The smallest absolute Gasteiger partial charge is 0.249 e. The molecule has 0 unspecified atom stereocenters. The third-order valence-electron chi connectivity index (χ3n) is 1.76. The summed E-state index contributed by atoms with van der Waals surface area (Å²) in [5.74, 6) is -0.0511. The number of piperidine rings is 1. The first kappa shape index (κ1) is 8.81. The van der Waals surface area contributed by atoms with Crippen molar-refractivity contribution in [2.24, 2.45) is 0 Å².